The molecule has 2 saturated carbocycles. The Balaban J connectivity index is 0.000000208. The van der Waals surface area contributed by atoms with Crippen molar-refractivity contribution in [3.8, 4) is 0 Å². The smallest absolute Gasteiger partial charge is 0.0132 e. The lowest BCUT2D eigenvalue weighted by molar-refractivity contribution is 0.201. The minimum atomic E-state index is 0.251. The van der Waals surface area contributed by atoms with Gasteiger partial charge in [-0.25, -0.2) is 0 Å². The second-order valence-electron chi connectivity index (χ2n) is 12.6. The maximum absolute atomic E-state index is 2.43. The van der Waals surface area contributed by atoms with Gasteiger partial charge in [0.1, 0.15) is 0 Å². The van der Waals surface area contributed by atoms with Crippen LogP contribution in [-0.2, 0) is 10.8 Å². The van der Waals surface area contributed by atoms with Gasteiger partial charge in [0, 0.05) is 0 Å². The van der Waals surface area contributed by atoms with Crippen LogP contribution in [0.1, 0.15) is 124 Å². The largest absolute Gasteiger partial charge is 0.0625 e. The first-order valence-corrected chi connectivity index (χ1v) is 12.6. The summed E-state index contributed by atoms with van der Waals surface area (Å²) >= 11 is 0. The highest BCUT2D eigenvalue weighted by atomic mass is 14.3. The van der Waals surface area contributed by atoms with Gasteiger partial charge in [-0.2, -0.15) is 0 Å². The SMILES string of the molecule is CC(C)(C)c1cccc(C(C)(C)C)c1.CC1CCC(CC2CCC(C)CC2)CC1. The van der Waals surface area contributed by atoms with Gasteiger partial charge in [-0.15, -0.1) is 0 Å². The van der Waals surface area contributed by atoms with Gasteiger partial charge in [0.15, 0.2) is 0 Å². The fourth-order valence-electron chi connectivity index (χ4n) is 5.05. The summed E-state index contributed by atoms with van der Waals surface area (Å²) in [7, 11) is 0. The van der Waals surface area contributed by atoms with Gasteiger partial charge >= 0.3 is 0 Å². The van der Waals surface area contributed by atoms with Gasteiger partial charge in [0.25, 0.3) is 0 Å². The van der Waals surface area contributed by atoms with Crippen LogP contribution in [0.15, 0.2) is 24.3 Å². The molecule has 2 aliphatic rings. The van der Waals surface area contributed by atoms with Crippen molar-refractivity contribution in [2.75, 3.05) is 0 Å². The zero-order valence-corrected chi connectivity index (χ0v) is 21.0. The molecule has 0 amide bonds. The van der Waals surface area contributed by atoms with Crippen LogP contribution in [0, 0.1) is 23.7 Å². The van der Waals surface area contributed by atoms with Gasteiger partial charge < -0.3 is 0 Å². The first-order chi connectivity index (χ1) is 13.4. The predicted octanol–water partition coefficient (Wildman–Crippen LogP) is 9.31. The molecule has 0 N–H and O–H groups in total. The lowest BCUT2D eigenvalue weighted by Gasteiger charge is -2.32. The Bertz CT molecular complexity index is 532. The van der Waals surface area contributed by atoms with E-state index in [0.29, 0.717) is 0 Å². The lowest BCUT2D eigenvalue weighted by atomic mass is 9.74. The van der Waals surface area contributed by atoms with Crippen LogP contribution in [0.2, 0.25) is 0 Å². The molecule has 0 heteroatoms. The van der Waals surface area contributed by atoms with Crippen LogP contribution in [0.4, 0.5) is 0 Å². The maximum atomic E-state index is 2.43. The summed E-state index contributed by atoms with van der Waals surface area (Å²) in [5, 5.41) is 0. The first-order valence-electron chi connectivity index (χ1n) is 12.6. The second kappa shape index (κ2) is 10.5. The van der Waals surface area contributed by atoms with Crippen LogP contribution in [0.5, 0.6) is 0 Å². The number of rotatable bonds is 2. The van der Waals surface area contributed by atoms with Crippen molar-refractivity contribution < 1.29 is 0 Å². The van der Waals surface area contributed by atoms with E-state index in [2.05, 4.69) is 79.7 Å². The molecule has 0 unspecified atom stereocenters. The molecule has 0 bridgehead atoms. The van der Waals surface area contributed by atoms with Crippen molar-refractivity contribution >= 4 is 0 Å². The van der Waals surface area contributed by atoms with E-state index in [4.69, 9.17) is 0 Å². The Kier molecular flexibility index (Phi) is 8.87. The highest BCUT2D eigenvalue weighted by Crippen LogP contribution is 2.38. The van der Waals surface area contributed by atoms with Gasteiger partial charge in [-0.3, -0.25) is 0 Å². The fourth-order valence-corrected chi connectivity index (χ4v) is 5.05. The van der Waals surface area contributed by atoms with Crippen LogP contribution in [0.25, 0.3) is 0 Å². The first kappa shape index (κ1) is 24.5. The summed E-state index contributed by atoms with van der Waals surface area (Å²) in [6.07, 6.45) is 13.7. The summed E-state index contributed by atoms with van der Waals surface area (Å²) in [5.41, 5.74) is 3.34. The quantitative estimate of drug-likeness (QED) is 0.465. The third kappa shape index (κ3) is 8.47. The molecule has 0 saturated heterocycles. The van der Waals surface area contributed by atoms with E-state index < -0.39 is 0 Å². The Labute approximate surface area is 183 Å². The molecule has 0 aliphatic heterocycles. The molecule has 1 aromatic rings. The van der Waals surface area contributed by atoms with Crippen molar-refractivity contribution in [1.82, 2.24) is 0 Å². The third-order valence-electron chi connectivity index (χ3n) is 7.53. The average Bonchev–Trinajstić information content (AvgIpc) is 2.65. The van der Waals surface area contributed by atoms with Crippen LogP contribution >= 0.6 is 0 Å². The molecular weight excluding hydrogens is 348 g/mol. The second-order valence-corrected chi connectivity index (χ2v) is 12.6. The maximum Gasteiger partial charge on any atom is -0.0132 e. The Morgan fingerprint density at radius 1 is 0.621 bits per heavy atom. The summed E-state index contributed by atoms with van der Waals surface area (Å²) in [4.78, 5) is 0. The zero-order chi connectivity index (χ0) is 21.7. The molecule has 3 rings (SSSR count). The molecule has 166 valence electrons. The van der Waals surface area contributed by atoms with E-state index in [0.717, 1.165) is 23.7 Å². The molecule has 29 heavy (non-hydrogen) atoms. The number of hydrogen-bond donors (Lipinski definition) is 0. The lowest BCUT2D eigenvalue weighted by Crippen LogP contribution is -2.19. The minimum Gasteiger partial charge on any atom is -0.0625 e. The van der Waals surface area contributed by atoms with Gasteiger partial charge in [-0.1, -0.05) is 131 Å². The van der Waals surface area contributed by atoms with E-state index in [1.54, 1.807) is 6.42 Å². The summed E-state index contributed by atoms with van der Waals surface area (Å²) in [6, 6.07) is 8.94. The van der Waals surface area contributed by atoms with Crippen molar-refractivity contribution in [3.63, 3.8) is 0 Å². The number of hydrogen-bond acceptors (Lipinski definition) is 0. The van der Waals surface area contributed by atoms with E-state index >= 15 is 0 Å². The molecule has 0 nitrogen and oxygen atoms in total. The van der Waals surface area contributed by atoms with E-state index in [-0.39, 0.29) is 10.8 Å². The Hall–Kier alpha value is -0.780. The predicted molar refractivity (Wildman–Crippen MR) is 131 cm³/mol. The van der Waals surface area contributed by atoms with Gasteiger partial charge in [0.2, 0.25) is 0 Å². The van der Waals surface area contributed by atoms with Crippen molar-refractivity contribution in [3.05, 3.63) is 35.4 Å². The zero-order valence-electron chi connectivity index (χ0n) is 21.0. The third-order valence-corrected chi connectivity index (χ3v) is 7.53. The summed E-state index contributed by atoms with van der Waals surface area (Å²) in [6.45, 7) is 18.4. The molecule has 0 heterocycles. The van der Waals surface area contributed by atoms with E-state index in [9.17, 15) is 0 Å². The highest BCUT2D eigenvalue weighted by molar-refractivity contribution is 5.32. The fraction of sp³-hybridized carbons (Fsp3) is 0.793. The molecule has 2 aliphatic carbocycles. The van der Waals surface area contributed by atoms with E-state index in [1.165, 1.54) is 62.5 Å². The van der Waals surface area contributed by atoms with Crippen molar-refractivity contribution in [2.24, 2.45) is 23.7 Å². The standard InChI is InChI=1S/C15H28.C14H22/c1-12-3-7-14(8-4-12)11-15-9-5-13(2)6-10-15;1-13(2,3)11-8-7-9-12(10-11)14(4,5)6/h12-15H,3-11H2,1-2H3;7-10H,1-6H3. The van der Waals surface area contributed by atoms with Gasteiger partial charge in [0.05, 0.1) is 0 Å². The molecule has 0 aromatic heterocycles. The Morgan fingerprint density at radius 2 is 0.966 bits per heavy atom. The molecular formula is C29H50. The van der Waals surface area contributed by atoms with Crippen LogP contribution in [0.3, 0.4) is 0 Å². The van der Waals surface area contributed by atoms with Crippen LogP contribution in [-0.4, -0.2) is 0 Å². The summed E-state index contributed by atoms with van der Waals surface area (Å²) in [5.74, 6) is 4.24. The molecule has 0 radical (unpaired) electrons. The Morgan fingerprint density at radius 3 is 1.28 bits per heavy atom. The topological polar surface area (TPSA) is 0 Å². The van der Waals surface area contributed by atoms with Crippen molar-refractivity contribution in [1.29, 1.82) is 0 Å². The number of benzene rings is 1. The van der Waals surface area contributed by atoms with Gasteiger partial charge in [-0.05, 0) is 52.0 Å². The molecule has 0 spiro atoms. The summed E-state index contributed by atoms with van der Waals surface area (Å²) < 4.78 is 0. The molecule has 0 atom stereocenters. The van der Waals surface area contributed by atoms with Crippen LogP contribution < -0.4 is 0 Å². The minimum absolute atomic E-state index is 0.251. The molecule has 1 aromatic carbocycles. The highest BCUT2D eigenvalue weighted by Gasteiger charge is 2.24. The van der Waals surface area contributed by atoms with Crippen molar-refractivity contribution in [2.45, 2.75) is 124 Å². The molecule has 2 fully saturated rings. The monoisotopic (exact) mass is 398 g/mol. The normalized spacial score (nSPS) is 28.4. The average molecular weight is 399 g/mol. The van der Waals surface area contributed by atoms with E-state index in [1.807, 2.05) is 0 Å².